The molecule has 2 aliphatic heterocycles. The standard InChI is InChI=1S/C17H24ClN5O/c1-11(2)17(3)14-9-22(5-6-23(14)10-24-17)16-12-8-19-21(4)13(12)7-15(18)20-16/h7-8,11,14H,5-6,9-10H2,1-4H3/t14-,17+/m0/s1. The molecule has 24 heavy (non-hydrogen) atoms. The van der Waals surface area contributed by atoms with Gasteiger partial charge < -0.3 is 9.64 Å². The molecule has 2 aromatic heterocycles. The lowest BCUT2D eigenvalue weighted by atomic mass is 9.84. The number of piperazine rings is 1. The molecule has 0 unspecified atom stereocenters. The number of halogens is 1. The molecule has 2 atom stereocenters. The van der Waals surface area contributed by atoms with Gasteiger partial charge in [-0.3, -0.25) is 9.58 Å². The Hall–Kier alpha value is -1.37. The van der Waals surface area contributed by atoms with E-state index in [1.807, 2.05) is 24.0 Å². The molecule has 7 heteroatoms. The van der Waals surface area contributed by atoms with Crippen molar-refractivity contribution < 1.29 is 4.74 Å². The Labute approximate surface area is 147 Å². The number of ether oxygens (including phenoxy) is 1. The van der Waals surface area contributed by atoms with Gasteiger partial charge >= 0.3 is 0 Å². The van der Waals surface area contributed by atoms with Crippen molar-refractivity contribution in [3.8, 4) is 0 Å². The van der Waals surface area contributed by atoms with Crippen LogP contribution in [-0.4, -0.2) is 57.7 Å². The Kier molecular flexibility index (Phi) is 3.74. The first-order valence-electron chi connectivity index (χ1n) is 8.51. The van der Waals surface area contributed by atoms with Crippen LogP contribution in [0.5, 0.6) is 0 Å². The van der Waals surface area contributed by atoms with E-state index in [2.05, 4.69) is 40.7 Å². The fourth-order valence-electron chi connectivity index (χ4n) is 3.92. The Morgan fingerprint density at radius 3 is 2.92 bits per heavy atom. The van der Waals surface area contributed by atoms with Crippen molar-refractivity contribution in [1.29, 1.82) is 0 Å². The van der Waals surface area contributed by atoms with Crippen LogP contribution in [-0.2, 0) is 11.8 Å². The summed E-state index contributed by atoms with van der Waals surface area (Å²) in [5.41, 5.74) is 0.882. The Bertz CT molecular complexity index is 776. The van der Waals surface area contributed by atoms with Gasteiger partial charge in [0.25, 0.3) is 0 Å². The van der Waals surface area contributed by atoms with Gasteiger partial charge in [-0.2, -0.15) is 5.10 Å². The summed E-state index contributed by atoms with van der Waals surface area (Å²) >= 11 is 6.28. The topological polar surface area (TPSA) is 46.4 Å². The lowest BCUT2D eigenvalue weighted by Crippen LogP contribution is -2.58. The van der Waals surface area contributed by atoms with Gasteiger partial charge in [-0.1, -0.05) is 25.4 Å². The van der Waals surface area contributed by atoms with Crippen molar-refractivity contribution in [3.63, 3.8) is 0 Å². The molecule has 0 amide bonds. The predicted molar refractivity (Wildman–Crippen MR) is 95.4 cm³/mol. The number of pyridine rings is 1. The van der Waals surface area contributed by atoms with E-state index >= 15 is 0 Å². The molecule has 0 spiro atoms. The number of aromatic nitrogens is 3. The molecule has 130 valence electrons. The quantitative estimate of drug-likeness (QED) is 0.780. The lowest BCUT2D eigenvalue weighted by Gasteiger charge is -2.43. The van der Waals surface area contributed by atoms with Crippen molar-refractivity contribution in [2.75, 3.05) is 31.3 Å². The summed E-state index contributed by atoms with van der Waals surface area (Å²) in [6.45, 7) is 10.2. The van der Waals surface area contributed by atoms with E-state index in [1.54, 1.807) is 0 Å². The van der Waals surface area contributed by atoms with E-state index < -0.39 is 0 Å². The molecule has 0 N–H and O–H groups in total. The van der Waals surface area contributed by atoms with Gasteiger partial charge in [-0.05, 0) is 12.8 Å². The average Bonchev–Trinajstić information content (AvgIpc) is 3.09. The third-order valence-corrected chi connectivity index (χ3v) is 6.03. The molecule has 6 nitrogen and oxygen atoms in total. The molecule has 4 rings (SSSR count). The first-order valence-corrected chi connectivity index (χ1v) is 8.89. The highest BCUT2D eigenvalue weighted by molar-refractivity contribution is 6.30. The van der Waals surface area contributed by atoms with Crippen LogP contribution in [0.4, 0.5) is 5.82 Å². The van der Waals surface area contributed by atoms with E-state index in [9.17, 15) is 0 Å². The summed E-state index contributed by atoms with van der Waals surface area (Å²) < 4.78 is 8.03. The molecule has 2 fully saturated rings. The van der Waals surface area contributed by atoms with Crippen LogP contribution < -0.4 is 4.90 Å². The van der Waals surface area contributed by atoms with Crippen molar-refractivity contribution in [1.82, 2.24) is 19.7 Å². The number of fused-ring (bicyclic) bond motifs is 2. The molecule has 2 saturated heterocycles. The molecule has 4 heterocycles. The van der Waals surface area contributed by atoms with Gasteiger partial charge in [-0.25, -0.2) is 4.98 Å². The van der Waals surface area contributed by atoms with Crippen molar-refractivity contribution in [2.24, 2.45) is 13.0 Å². The highest BCUT2D eigenvalue weighted by atomic mass is 35.5. The SMILES string of the molecule is CC(C)[C@@]1(C)OCN2CCN(c3nc(Cl)cc4c3cnn4C)C[C@H]21. The van der Waals surface area contributed by atoms with Gasteiger partial charge in [-0.15, -0.1) is 0 Å². The molecule has 0 radical (unpaired) electrons. The van der Waals surface area contributed by atoms with Crippen molar-refractivity contribution in [3.05, 3.63) is 17.4 Å². The maximum atomic E-state index is 6.28. The summed E-state index contributed by atoms with van der Waals surface area (Å²) in [4.78, 5) is 9.41. The lowest BCUT2D eigenvalue weighted by molar-refractivity contribution is -0.0255. The maximum absolute atomic E-state index is 6.28. The Morgan fingerprint density at radius 2 is 2.17 bits per heavy atom. The molecule has 0 bridgehead atoms. The van der Waals surface area contributed by atoms with E-state index in [1.165, 1.54) is 0 Å². The molecule has 0 saturated carbocycles. The summed E-state index contributed by atoms with van der Waals surface area (Å²) in [5, 5.41) is 5.94. The molecular weight excluding hydrogens is 326 g/mol. The zero-order valence-electron chi connectivity index (χ0n) is 14.7. The summed E-state index contributed by atoms with van der Waals surface area (Å²) in [5.74, 6) is 1.39. The van der Waals surface area contributed by atoms with Gasteiger partial charge in [0.05, 0.1) is 28.7 Å². The first-order chi connectivity index (χ1) is 11.4. The Balaban J connectivity index is 1.71. The zero-order valence-corrected chi connectivity index (χ0v) is 15.4. The highest BCUT2D eigenvalue weighted by Gasteiger charge is 2.49. The number of nitrogens with zero attached hydrogens (tertiary/aromatic N) is 5. The molecule has 0 aromatic carbocycles. The third kappa shape index (κ3) is 2.31. The van der Waals surface area contributed by atoms with E-state index in [0.717, 1.165) is 43.1 Å². The number of anilines is 1. The highest BCUT2D eigenvalue weighted by Crippen LogP contribution is 2.38. The molecular formula is C17H24ClN5O. The van der Waals surface area contributed by atoms with Crippen LogP contribution >= 0.6 is 11.6 Å². The van der Waals surface area contributed by atoms with Gasteiger partial charge in [0, 0.05) is 32.7 Å². The van der Waals surface area contributed by atoms with Gasteiger partial charge in [0.1, 0.15) is 17.7 Å². The fourth-order valence-corrected chi connectivity index (χ4v) is 4.10. The predicted octanol–water partition coefficient (Wildman–Crippen LogP) is 2.51. The first kappa shape index (κ1) is 16.1. The summed E-state index contributed by atoms with van der Waals surface area (Å²) in [6, 6.07) is 2.24. The van der Waals surface area contributed by atoms with Crippen molar-refractivity contribution in [2.45, 2.75) is 32.4 Å². The minimum Gasteiger partial charge on any atom is -0.358 e. The second kappa shape index (κ2) is 5.58. The van der Waals surface area contributed by atoms with Gasteiger partial charge in [0.15, 0.2) is 0 Å². The second-order valence-corrected chi connectivity index (χ2v) is 7.74. The van der Waals surface area contributed by atoms with E-state index in [0.29, 0.717) is 17.1 Å². The molecule has 2 aliphatic rings. The van der Waals surface area contributed by atoms with Crippen LogP contribution in [0.1, 0.15) is 20.8 Å². The largest absolute Gasteiger partial charge is 0.358 e. The zero-order chi connectivity index (χ0) is 17.1. The van der Waals surface area contributed by atoms with E-state index in [4.69, 9.17) is 16.3 Å². The minimum atomic E-state index is -0.134. The fraction of sp³-hybridized carbons (Fsp3) is 0.647. The smallest absolute Gasteiger partial charge is 0.141 e. The van der Waals surface area contributed by atoms with Crippen LogP contribution in [0.25, 0.3) is 10.9 Å². The van der Waals surface area contributed by atoms with Crippen LogP contribution in [0.15, 0.2) is 12.3 Å². The van der Waals surface area contributed by atoms with E-state index in [-0.39, 0.29) is 5.60 Å². The summed E-state index contributed by atoms with van der Waals surface area (Å²) in [6.07, 6.45) is 1.88. The van der Waals surface area contributed by atoms with Gasteiger partial charge in [0.2, 0.25) is 0 Å². The third-order valence-electron chi connectivity index (χ3n) is 5.83. The summed E-state index contributed by atoms with van der Waals surface area (Å²) in [7, 11) is 1.93. The number of hydrogen-bond acceptors (Lipinski definition) is 5. The van der Waals surface area contributed by atoms with Crippen LogP contribution in [0.3, 0.4) is 0 Å². The Morgan fingerprint density at radius 1 is 1.38 bits per heavy atom. The maximum Gasteiger partial charge on any atom is 0.141 e. The average molecular weight is 350 g/mol. The number of rotatable bonds is 2. The molecule has 0 aliphatic carbocycles. The molecule has 2 aromatic rings. The van der Waals surface area contributed by atoms with Crippen molar-refractivity contribution >= 4 is 28.3 Å². The normalized spacial score (nSPS) is 28.1. The van der Waals surface area contributed by atoms with Crippen LogP contribution in [0, 0.1) is 5.92 Å². The second-order valence-electron chi connectivity index (χ2n) is 7.36. The van der Waals surface area contributed by atoms with Crippen LogP contribution in [0.2, 0.25) is 5.15 Å². The monoisotopic (exact) mass is 349 g/mol. The number of hydrogen-bond donors (Lipinski definition) is 0. The number of aryl methyl sites for hydroxylation is 1. The minimum absolute atomic E-state index is 0.134.